The van der Waals surface area contributed by atoms with Gasteiger partial charge in [-0.15, -0.1) is 0 Å². The number of nitrogens with zero attached hydrogens (tertiary/aromatic N) is 3. The molecule has 1 aromatic carbocycles. The number of cyclic esters (lactones) is 1. The second-order valence-electron chi connectivity index (χ2n) is 20.7. The maximum Gasteiger partial charge on any atom is 0.309 e. The lowest BCUT2D eigenvalue weighted by molar-refractivity contribution is -0.344. The van der Waals surface area contributed by atoms with Gasteiger partial charge in [0.25, 0.3) is 0 Å². The summed E-state index contributed by atoms with van der Waals surface area (Å²) in [6, 6.07) is 11.1. The molecule has 418 valence electrons. The highest BCUT2D eigenvalue weighted by atomic mass is 16.7. The zero-order valence-corrected chi connectivity index (χ0v) is 45.7. The molecule has 0 radical (unpaired) electrons. The molecule has 1 aromatic heterocycles. The van der Waals surface area contributed by atoms with Gasteiger partial charge in [0, 0.05) is 65.1 Å². The zero-order chi connectivity index (χ0) is 55.0. The number of hydrogen-bond donors (Lipinski definition) is 2. The van der Waals surface area contributed by atoms with E-state index in [1.54, 1.807) is 59.8 Å². The molecular weight excluding hydrogens is 971 g/mol. The molecule has 0 spiro atoms. The van der Waals surface area contributed by atoms with Crippen molar-refractivity contribution in [1.82, 2.24) is 14.8 Å². The Bertz CT molecular complexity index is 2150. The Kier molecular flexibility index (Phi) is 23.8. The molecule has 0 saturated carbocycles. The van der Waals surface area contributed by atoms with E-state index in [-0.39, 0.29) is 32.1 Å². The van der Waals surface area contributed by atoms with Crippen LogP contribution in [0.15, 0.2) is 54.9 Å². The molecule has 0 amide bonds. The summed E-state index contributed by atoms with van der Waals surface area (Å²) in [6.45, 7) is 12.4. The van der Waals surface area contributed by atoms with E-state index in [1.807, 2.05) is 73.6 Å². The van der Waals surface area contributed by atoms with Crippen LogP contribution in [0.2, 0.25) is 0 Å². The number of likely N-dealkylation sites (N-methyl/N-ethyl adjacent to an activating group) is 2. The Balaban J connectivity index is 1.44. The first-order valence-electron chi connectivity index (χ1n) is 26.4. The summed E-state index contributed by atoms with van der Waals surface area (Å²) in [6.07, 6.45) is -2.86. The lowest BCUT2D eigenvalue weighted by atomic mass is 9.82. The van der Waals surface area contributed by atoms with Gasteiger partial charge >= 0.3 is 23.9 Å². The number of β-amino-alcohol motifs (C(OH)–C–C–N with tert-alkyl or cyclic N) is 1. The first-order valence-corrected chi connectivity index (χ1v) is 26.4. The van der Waals surface area contributed by atoms with Crippen LogP contribution in [-0.4, -0.2) is 182 Å². The Morgan fingerprint density at radius 2 is 1.64 bits per heavy atom. The molecule has 75 heavy (non-hydrogen) atoms. The van der Waals surface area contributed by atoms with E-state index >= 15 is 0 Å². The summed E-state index contributed by atoms with van der Waals surface area (Å²) in [4.78, 5) is 73.0. The molecule has 16 atom stereocenters. The molecular formula is C56H83N3O16. The lowest BCUT2D eigenvalue weighted by Crippen LogP contribution is -2.66. The van der Waals surface area contributed by atoms with Crippen LogP contribution >= 0.6 is 0 Å². The third-order valence-corrected chi connectivity index (χ3v) is 14.4. The Hall–Kier alpha value is -4.70. The topological polar surface area (TPSA) is 228 Å². The highest BCUT2D eigenvalue weighted by molar-refractivity contribution is 5.73. The zero-order valence-electron chi connectivity index (χ0n) is 45.7. The fraction of sp³-hybridized carbons (Fsp3) is 0.679. The minimum Gasteiger partial charge on any atom is -0.462 e. The van der Waals surface area contributed by atoms with Crippen molar-refractivity contribution < 1.29 is 76.8 Å². The average Bonchev–Trinajstić information content (AvgIpc) is 3.35. The normalized spacial score (nSPS) is 33.8. The number of esters is 4. The molecule has 19 nitrogen and oxygen atoms in total. The van der Waals surface area contributed by atoms with Gasteiger partial charge in [-0.1, -0.05) is 63.3 Å². The summed E-state index contributed by atoms with van der Waals surface area (Å²) in [7, 11) is 6.81. The standard InChI is InChI=1S/C56H83N3O16/c1-12-45(63)71-44-30-47(65)70-42(19-14-17-38-21-23-39(24-22-38)41-18-15-26-57-32-41)20-16-27-59(10)33-43(62)34(3)29-40(25-28-60)52(53(44)67-11)74-55-50(66)49(58(8)9)51(35(4)69-55)73-48-31-56(7,75-37(6)61)54(36(5)68-48)72-46(64)13-2/h14-15,17-18,21-24,26,28,32,34-36,40,42-44,48-55,62,66H,12-13,16,19-20,25,27,29-31,33H2,1-11H3/b17-14+/t34-,35?,36?,40+,42+,43+,44-,48+,49?,50?,51-,52+,53+,54+,55+,56?/m1/s1. The van der Waals surface area contributed by atoms with Crippen LogP contribution in [-0.2, 0) is 66.6 Å². The van der Waals surface area contributed by atoms with Gasteiger partial charge in [0.2, 0.25) is 0 Å². The average molecular weight is 1050 g/mol. The van der Waals surface area contributed by atoms with Crippen LogP contribution in [0.25, 0.3) is 17.2 Å². The first-order chi connectivity index (χ1) is 35.7. The van der Waals surface area contributed by atoms with Crippen LogP contribution in [0.5, 0.6) is 0 Å². The number of carbonyl (C=O) groups excluding carboxylic acids is 5. The Labute approximate surface area is 442 Å². The molecule has 0 aliphatic carbocycles. The van der Waals surface area contributed by atoms with Crippen LogP contribution in [0.3, 0.4) is 0 Å². The van der Waals surface area contributed by atoms with Gasteiger partial charge in [-0.2, -0.15) is 0 Å². The first kappa shape index (κ1) is 61.2. The van der Waals surface area contributed by atoms with E-state index in [1.165, 1.54) is 14.0 Å². The number of pyridine rings is 1. The quantitative estimate of drug-likeness (QED) is 0.110. The van der Waals surface area contributed by atoms with Crippen molar-refractivity contribution in [3.63, 3.8) is 0 Å². The number of aldehydes is 1. The Morgan fingerprint density at radius 3 is 2.27 bits per heavy atom. The molecule has 3 saturated heterocycles. The minimum absolute atomic E-state index is 0.0249. The summed E-state index contributed by atoms with van der Waals surface area (Å²) in [5, 5.41) is 24.1. The largest absolute Gasteiger partial charge is 0.462 e. The molecule has 3 aliphatic heterocycles. The highest BCUT2D eigenvalue weighted by Crippen LogP contribution is 2.39. The van der Waals surface area contributed by atoms with Crippen LogP contribution < -0.4 is 0 Å². The molecule has 3 aliphatic rings. The summed E-state index contributed by atoms with van der Waals surface area (Å²) in [5.41, 5.74) is 1.66. The Morgan fingerprint density at radius 1 is 0.933 bits per heavy atom. The van der Waals surface area contributed by atoms with Crippen molar-refractivity contribution in [2.45, 2.75) is 192 Å². The van der Waals surface area contributed by atoms with Crippen molar-refractivity contribution in [2.75, 3.05) is 41.3 Å². The molecule has 5 unspecified atom stereocenters. The van der Waals surface area contributed by atoms with Gasteiger partial charge < -0.3 is 67.4 Å². The van der Waals surface area contributed by atoms with E-state index in [2.05, 4.69) is 4.98 Å². The van der Waals surface area contributed by atoms with Gasteiger partial charge in [0.15, 0.2) is 24.3 Å². The van der Waals surface area contributed by atoms with E-state index in [0.29, 0.717) is 32.4 Å². The van der Waals surface area contributed by atoms with Crippen molar-refractivity contribution in [3.8, 4) is 11.1 Å². The van der Waals surface area contributed by atoms with E-state index in [0.717, 1.165) is 23.0 Å². The van der Waals surface area contributed by atoms with Gasteiger partial charge in [-0.05, 0) is 102 Å². The van der Waals surface area contributed by atoms with Crippen molar-refractivity contribution in [3.05, 3.63) is 60.4 Å². The number of rotatable bonds is 17. The minimum atomic E-state index is -1.44. The molecule has 19 heteroatoms. The molecule has 5 rings (SSSR count). The van der Waals surface area contributed by atoms with E-state index < -0.39 is 127 Å². The molecule has 0 bridgehead atoms. The lowest BCUT2D eigenvalue weighted by Gasteiger charge is -2.50. The summed E-state index contributed by atoms with van der Waals surface area (Å²) < 4.78 is 56.2. The fourth-order valence-electron chi connectivity index (χ4n) is 10.5. The predicted octanol–water partition coefficient (Wildman–Crippen LogP) is 5.69. The number of ether oxygens (including phenoxy) is 9. The smallest absolute Gasteiger partial charge is 0.309 e. The third kappa shape index (κ3) is 17.4. The van der Waals surface area contributed by atoms with Crippen molar-refractivity contribution in [2.24, 2.45) is 11.8 Å². The molecule has 3 fully saturated rings. The number of aliphatic hydroxyl groups is 2. The summed E-state index contributed by atoms with van der Waals surface area (Å²) >= 11 is 0. The number of benzene rings is 1. The number of aliphatic hydroxyl groups excluding tert-OH is 2. The fourth-order valence-corrected chi connectivity index (χ4v) is 10.5. The maximum atomic E-state index is 14.2. The van der Waals surface area contributed by atoms with Crippen LogP contribution in [0.4, 0.5) is 0 Å². The highest BCUT2D eigenvalue weighted by Gasteiger charge is 2.54. The van der Waals surface area contributed by atoms with Gasteiger partial charge in [-0.25, -0.2) is 0 Å². The molecule has 2 N–H and O–H groups in total. The number of methoxy groups -OCH3 is 1. The van der Waals surface area contributed by atoms with Crippen molar-refractivity contribution in [1.29, 1.82) is 0 Å². The van der Waals surface area contributed by atoms with E-state index in [9.17, 15) is 34.2 Å². The summed E-state index contributed by atoms with van der Waals surface area (Å²) in [5.74, 6) is -3.46. The second kappa shape index (κ2) is 29.2. The van der Waals surface area contributed by atoms with Gasteiger partial charge in [-0.3, -0.25) is 24.2 Å². The number of carbonyl (C=O) groups is 5. The van der Waals surface area contributed by atoms with Crippen molar-refractivity contribution >= 4 is 36.2 Å². The maximum absolute atomic E-state index is 14.2. The number of hydrogen-bond acceptors (Lipinski definition) is 19. The van der Waals surface area contributed by atoms with Gasteiger partial charge in [0.05, 0.1) is 36.9 Å². The third-order valence-electron chi connectivity index (χ3n) is 14.4. The molecule has 2 aromatic rings. The van der Waals surface area contributed by atoms with Crippen LogP contribution in [0, 0.1) is 11.8 Å². The SMILES string of the molecule is CCC(=O)O[C@@H]1CC(=O)O[C@@H](C/C=C/c2ccc(-c3cccnc3)cc2)CCCN(C)C[C@H](O)[C@H](C)C[C@H](CC=O)[C@H](O[C@@H]2OC(C)[C@@H](O[C@H]3CC(C)(OC(C)=O)[C@@H](OC(=O)CC)C(C)O3)C(N(C)C)C2O)[C@H]1OC. The second-order valence-corrected chi connectivity index (χ2v) is 20.7. The number of aromatic nitrogens is 1. The predicted molar refractivity (Wildman–Crippen MR) is 276 cm³/mol. The van der Waals surface area contributed by atoms with E-state index in [4.69, 9.17) is 42.6 Å². The monoisotopic (exact) mass is 1050 g/mol. The van der Waals surface area contributed by atoms with Gasteiger partial charge in [0.1, 0.15) is 36.8 Å². The van der Waals surface area contributed by atoms with Crippen LogP contribution in [0.1, 0.15) is 112 Å². The molecule has 4 heterocycles.